The lowest BCUT2D eigenvalue weighted by Crippen LogP contribution is -2.38. The predicted molar refractivity (Wildman–Crippen MR) is 81.3 cm³/mol. The predicted octanol–water partition coefficient (Wildman–Crippen LogP) is 1.80. The van der Waals surface area contributed by atoms with Crippen molar-refractivity contribution in [2.24, 2.45) is 0 Å². The van der Waals surface area contributed by atoms with Crippen LogP contribution in [0.1, 0.15) is 42.6 Å². The molecule has 1 aliphatic rings. The summed E-state index contributed by atoms with van der Waals surface area (Å²) in [5.74, 6) is -0.00789. The molecule has 2 amide bonds. The van der Waals surface area contributed by atoms with Gasteiger partial charge in [0.1, 0.15) is 0 Å². The topological polar surface area (TPSA) is 69.6 Å². The van der Waals surface area contributed by atoms with Crippen LogP contribution in [-0.2, 0) is 11.2 Å². The number of nitrogens with zero attached hydrogens (tertiary/aromatic N) is 1. The molecular formula is C16H22N2O3. The second-order valence-corrected chi connectivity index (χ2v) is 5.59. The first-order valence-electron chi connectivity index (χ1n) is 7.37. The second-order valence-electron chi connectivity index (χ2n) is 5.59. The van der Waals surface area contributed by atoms with Crippen LogP contribution >= 0.6 is 0 Å². The van der Waals surface area contributed by atoms with Crippen LogP contribution in [0, 0.1) is 0 Å². The van der Waals surface area contributed by atoms with E-state index in [2.05, 4.69) is 5.32 Å². The van der Waals surface area contributed by atoms with E-state index in [1.807, 2.05) is 19.9 Å². The lowest BCUT2D eigenvalue weighted by molar-refractivity contribution is -0.116. The standard InChI is InChI=1S/C16H22N2O3/c1-11(2)18(8-3-9-19)16(21)13-4-6-14-12(10-13)5-7-15(20)17-14/h4,6,10-11,19H,3,5,7-9H2,1-2H3,(H,17,20). The zero-order chi connectivity index (χ0) is 15.4. The van der Waals surface area contributed by atoms with Crippen LogP contribution in [-0.4, -0.2) is 41.0 Å². The molecule has 21 heavy (non-hydrogen) atoms. The van der Waals surface area contributed by atoms with E-state index in [-0.39, 0.29) is 24.5 Å². The van der Waals surface area contributed by atoms with Gasteiger partial charge in [-0.05, 0) is 50.5 Å². The molecule has 0 unspecified atom stereocenters. The Bertz CT molecular complexity index is 540. The molecule has 0 saturated heterocycles. The van der Waals surface area contributed by atoms with Crippen molar-refractivity contribution in [3.05, 3.63) is 29.3 Å². The molecule has 0 atom stereocenters. The lowest BCUT2D eigenvalue weighted by Gasteiger charge is -2.27. The number of aliphatic hydroxyl groups is 1. The van der Waals surface area contributed by atoms with Crippen LogP contribution in [0.25, 0.3) is 0 Å². The van der Waals surface area contributed by atoms with Crippen LogP contribution in [0.3, 0.4) is 0 Å². The number of fused-ring (bicyclic) bond motifs is 1. The minimum Gasteiger partial charge on any atom is -0.396 e. The number of carbonyl (C=O) groups excluding carboxylic acids is 2. The van der Waals surface area contributed by atoms with Gasteiger partial charge in [0, 0.05) is 36.9 Å². The summed E-state index contributed by atoms with van der Waals surface area (Å²) in [6.07, 6.45) is 1.70. The van der Waals surface area contributed by atoms with E-state index in [1.54, 1.807) is 17.0 Å². The van der Waals surface area contributed by atoms with Gasteiger partial charge in [-0.15, -0.1) is 0 Å². The Morgan fingerprint density at radius 3 is 2.81 bits per heavy atom. The van der Waals surface area contributed by atoms with Crippen LogP contribution in [0.15, 0.2) is 18.2 Å². The highest BCUT2D eigenvalue weighted by Gasteiger charge is 2.21. The molecule has 5 nitrogen and oxygen atoms in total. The summed E-state index contributed by atoms with van der Waals surface area (Å²) in [7, 11) is 0. The van der Waals surface area contributed by atoms with E-state index < -0.39 is 0 Å². The minimum atomic E-state index is -0.0295. The average molecular weight is 290 g/mol. The van der Waals surface area contributed by atoms with Gasteiger partial charge < -0.3 is 15.3 Å². The zero-order valence-electron chi connectivity index (χ0n) is 12.6. The summed E-state index contributed by atoms with van der Waals surface area (Å²) >= 11 is 0. The van der Waals surface area contributed by atoms with E-state index in [0.717, 1.165) is 11.3 Å². The lowest BCUT2D eigenvalue weighted by atomic mass is 9.99. The number of nitrogens with one attached hydrogen (secondary N) is 1. The van der Waals surface area contributed by atoms with E-state index in [1.165, 1.54) is 0 Å². The molecule has 1 aromatic rings. The first-order valence-corrected chi connectivity index (χ1v) is 7.37. The summed E-state index contributed by atoms with van der Waals surface area (Å²) in [5, 5.41) is 11.8. The maximum absolute atomic E-state index is 12.6. The smallest absolute Gasteiger partial charge is 0.254 e. The van der Waals surface area contributed by atoms with Crippen LogP contribution in [0.4, 0.5) is 5.69 Å². The van der Waals surface area contributed by atoms with E-state index >= 15 is 0 Å². The molecule has 0 fully saturated rings. The number of carbonyl (C=O) groups is 2. The van der Waals surface area contributed by atoms with Crippen molar-refractivity contribution in [2.75, 3.05) is 18.5 Å². The summed E-state index contributed by atoms with van der Waals surface area (Å²) in [6, 6.07) is 5.50. The van der Waals surface area contributed by atoms with Gasteiger partial charge in [-0.25, -0.2) is 0 Å². The van der Waals surface area contributed by atoms with Crippen molar-refractivity contribution in [1.82, 2.24) is 4.90 Å². The monoisotopic (exact) mass is 290 g/mol. The SMILES string of the molecule is CC(C)N(CCCO)C(=O)c1ccc2c(c1)CCC(=O)N2. The van der Waals surface area contributed by atoms with Crippen LogP contribution in [0.2, 0.25) is 0 Å². The molecule has 0 radical (unpaired) electrons. The van der Waals surface area contributed by atoms with Gasteiger partial charge in [0.25, 0.3) is 5.91 Å². The van der Waals surface area contributed by atoms with E-state index in [4.69, 9.17) is 5.11 Å². The Balaban J connectivity index is 2.20. The number of rotatable bonds is 5. The molecular weight excluding hydrogens is 268 g/mol. The molecule has 0 bridgehead atoms. The molecule has 0 aliphatic carbocycles. The Morgan fingerprint density at radius 2 is 2.14 bits per heavy atom. The minimum absolute atomic E-state index is 0.0216. The van der Waals surface area contributed by atoms with Crippen molar-refractivity contribution in [2.45, 2.75) is 39.2 Å². The van der Waals surface area contributed by atoms with E-state index in [9.17, 15) is 9.59 Å². The summed E-state index contributed by atoms with van der Waals surface area (Å²) in [4.78, 5) is 25.7. The fourth-order valence-corrected chi connectivity index (χ4v) is 2.52. The number of amides is 2. The molecule has 2 rings (SSSR count). The second kappa shape index (κ2) is 6.72. The molecule has 1 aromatic carbocycles. The highest BCUT2D eigenvalue weighted by molar-refractivity contribution is 5.98. The fraction of sp³-hybridized carbons (Fsp3) is 0.500. The highest BCUT2D eigenvalue weighted by Crippen LogP contribution is 2.24. The Morgan fingerprint density at radius 1 is 1.38 bits per heavy atom. The first kappa shape index (κ1) is 15.5. The number of anilines is 1. The third-order valence-electron chi connectivity index (χ3n) is 3.69. The third-order valence-corrected chi connectivity index (χ3v) is 3.69. The molecule has 1 aliphatic heterocycles. The summed E-state index contributed by atoms with van der Waals surface area (Å²) in [5.41, 5.74) is 2.44. The normalized spacial score (nSPS) is 13.8. The summed E-state index contributed by atoms with van der Waals surface area (Å²) in [6.45, 7) is 4.55. The van der Waals surface area contributed by atoms with Crippen molar-refractivity contribution in [1.29, 1.82) is 0 Å². The van der Waals surface area contributed by atoms with Gasteiger partial charge in [0.2, 0.25) is 5.91 Å². The molecule has 1 heterocycles. The van der Waals surface area contributed by atoms with Gasteiger partial charge in [-0.1, -0.05) is 0 Å². The Labute approximate surface area is 125 Å². The number of aryl methyl sites for hydroxylation is 1. The quantitative estimate of drug-likeness (QED) is 0.869. The van der Waals surface area contributed by atoms with Crippen molar-refractivity contribution in [3.63, 3.8) is 0 Å². The number of hydrogen-bond donors (Lipinski definition) is 2. The Kier molecular flexibility index (Phi) is 4.96. The average Bonchev–Trinajstić information content (AvgIpc) is 2.46. The molecule has 0 spiro atoms. The van der Waals surface area contributed by atoms with Gasteiger partial charge in [0.05, 0.1) is 0 Å². The molecule has 0 saturated carbocycles. The maximum atomic E-state index is 12.6. The molecule has 5 heteroatoms. The number of hydrogen-bond acceptors (Lipinski definition) is 3. The van der Waals surface area contributed by atoms with Gasteiger partial charge in [0.15, 0.2) is 0 Å². The zero-order valence-corrected chi connectivity index (χ0v) is 12.6. The fourth-order valence-electron chi connectivity index (χ4n) is 2.52. The molecule has 0 aromatic heterocycles. The highest BCUT2D eigenvalue weighted by atomic mass is 16.3. The van der Waals surface area contributed by atoms with Crippen molar-refractivity contribution in [3.8, 4) is 0 Å². The molecule has 114 valence electrons. The summed E-state index contributed by atoms with van der Waals surface area (Å²) < 4.78 is 0. The Hall–Kier alpha value is -1.88. The van der Waals surface area contributed by atoms with Crippen LogP contribution < -0.4 is 5.32 Å². The van der Waals surface area contributed by atoms with Crippen molar-refractivity contribution < 1.29 is 14.7 Å². The van der Waals surface area contributed by atoms with Gasteiger partial charge >= 0.3 is 0 Å². The van der Waals surface area contributed by atoms with Crippen LogP contribution in [0.5, 0.6) is 0 Å². The van der Waals surface area contributed by atoms with Gasteiger partial charge in [-0.2, -0.15) is 0 Å². The van der Waals surface area contributed by atoms with E-state index in [0.29, 0.717) is 31.4 Å². The number of aliphatic hydroxyl groups excluding tert-OH is 1. The largest absolute Gasteiger partial charge is 0.396 e. The third kappa shape index (κ3) is 3.61. The first-order chi connectivity index (χ1) is 10.0. The maximum Gasteiger partial charge on any atom is 0.254 e. The van der Waals surface area contributed by atoms with Crippen molar-refractivity contribution >= 4 is 17.5 Å². The number of benzene rings is 1. The molecule has 2 N–H and O–H groups in total. The van der Waals surface area contributed by atoms with Gasteiger partial charge in [-0.3, -0.25) is 9.59 Å².